The average molecular weight is 227 g/mol. The summed E-state index contributed by atoms with van der Waals surface area (Å²) < 4.78 is 0. The molecular weight excluding hydrogens is 202 g/mol. The second-order valence-corrected chi connectivity index (χ2v) is 5.58. The van der Waals surface area contributed by atoms with Crippen molar-refractivity contribution in [3.8, 4) is 0 Å². The Balaban J connectivity index is 2.36. The van der Waals surface area contributed by atoms with E-state index >= 15 is 0 Å². The fourth-order valence-corrected chi connectivity index (χ4v) is 2.07. The molecule has 3 atom stereocenters. The highest BCUT2D eigenvalue weighted by Gasteiger charge is 2.28. The van der Waals surface area contributed by atoms with E-state index < -0.39 is 11.4 Å². The van der Waals surface area contributed by atoms with Gasteiger partial charge in [-0.05, 0) is 38.1 Å². The van der Waals surface area contributed by atoms with Crippen molar-refractivity contribution in [1.29, 1.82) is 0 Å². The first-order valence-corrected chi connectivity index (χ1v) is 6.14. The van der Waals surface area contributed by atoms with E-state index in [1.54, 1.807) is 6.92 Å². The highest BCUT2D eigenvalue weighted by atomic mass is 16.1. The summed E-state index contributed by atoms with van der Waals surface area (Å²) in [5.41, 5.74) is 10.2. The summed E-state index contributed by atoms with van der Waals surface area (Å²) in [5.74, 6) is 1.12. The molecule has 1 rings (SSSR count). The molecule has 4 heteroatoms. The maximum absolute atomic E-state index is 11.1. The summed E-state index contributed by atoms with van der Waals surface area (Å²) in [6.07, 6.45) is 1.88. The molecule has 94 valence electrons. The van der Waals surface area contributed by atoms with Crippen molar-refractivity contribution in [2.24, 2.45) is 23.3 Å². The van der Waals surface area contributed by atoms with E-state index in [1.165, 1.54) is 6.42 Å². The van der Waals surface area contributed by atoms with Crippen LogP contribution in [-0.2, 0) is 4.79 Å². The molecule has 0 aromatic carbocycles. The van der Waals surface area contributed by atoms with Crippen LogP contribution in [0.1, 0.15) is 33.6 Å². The smallest absolute Gasteiger partial charge is 0.237 e. The van der Waals surface area contributed by atoms with E-state index in [0.29, 0.717) is 6.42 Å². The van der Waals surface area contributed by atoms with Gasteiger partial charge in [0.15, 0.2) is 0 Å². The third-order valence-electron chi connectivity index (χ3n) is 3.93. The van der Waals surface area contributed by atoms with Gasteiger partial charge in [-0.2, -0.15) is 0 Å². The van der Waals surface area contributed by atoms with E-state index in [-0.39, 0.29) is 0 Å². The number of rotatable bonds is 4. The van der Waals surface area contributed by atoms with Crippen LogP contribution in [0.3, 0.4) is 0 Å². The minimum Gasteiger partial charge on any atom is -0.368 e. The summed E-state index contributed by atoms with van der Waals surface area (Å²) >= 11 is 0. The Labute approximate surface area is 98.3 Å². The van der Waals surface area contributed by atoms with Gasteiger partial charge in [0.05, 0.1) is 5.54 Å². The average Bonchev–Trinajstić information content (AvgIpc) is 2.20. The lowest BCUT2D eigenvalue weighted by Gasteiger charge is -2.36. The highest BCUT2D eigenvalue weighted by molar-refractivity contribution is 5.83. The minimum absolute atomic E-state index is 0.411. The fraction of sp³-hybridized carbons (Fsp3) is 0.917. The van der Waals surface area contributed by atoms with Crippen molar-refractivity contribution in [3.63, 3.8) is 0 Å². The lowest BCUT2D eigenvalue weighted by atomic mass is 9.88. The zero-order chi connectivity index (χ0) is 12.3. The van der Waals surface area contributed by atoms with Crippen molar-refractivity contribution in [2.75, 3.05) is 19.6 Å². The molecule has 0 aromatic rings. The lowest BCUT2D eigenvalue weighted by Crippen LogP contribution is -2.52. The van der Waals surface area contributed by atoms with Gasteiger partial charge < -0.3 is 16.4 Å². The number of likely N-dealkylation sites (tertiary alicyclic amines) is 1. The van der Waals surface area contributed by atoms with Gasteiger partial charge in [0.2, 0.25) is 5.91 Å². The maximum atomic E-state index is 11.1. The van der Waals surface area contributed by atoms with E-state index in [1.807, 2.05) is 0 Å². The van der Waals surface area contributed by atoms with Crippen molar-refractivity contribution in [3.05, 3.63) is 0 Å². The normalized spacial score (nSPS) is 31.0. The second-order valence-electron chi connectivity index (χ2n) is 5.58. The number of hydrogen-bond donors (Lipinski definition) is 2. The van der Waals surface area contributed by atoms with E-state index in [9.17, 15) is 4.79 Å². The number of primary amides is 1. The summed E-state index contributed by atoms with van der Waals surface area (Å²) in [7, 11) is 0. The summed E-state index contributed by atoms with van der Waals surface area (Å²) in [6, 6.07) is 0. The SMILES string of the molecule is CC1CCN(CCC(C)(N)C(N)=O)CC1C. The number of nitrogens with zero attached hydrogens (tertiary/aromatic N) is 1. The quantitative estimate of drug-likeness (QED) is 0.737. The number of carbonyl (C=O) groups is 1. The third-order valence-corrected chi connectivity index (χ3v) is 3.93. The molecule has 1 fully saturated rings. The van der Waals surface area contributed by atoms with Gasteiger partial charge in [-0.15, -0.1) is 0 Å². The first-order chi connectivity index (χ1) is 7.33. The summed E-state index contributed by atoms with van der Waals surface area (Å²) in [5, 5.41) is 0. The zero-order valence-corrected chi connectivity index (χ0v) is 10.7. The number of hydrogen-bond acceptors (Lipinski definition) is 3. The van der Waals surface area contributed by atoms with Crippen LogP contribution in [0.2, 0.25) is 0 Å². The van der Waals surface area contributed by atoms with Crippen LogP contribution < -0.4 is 11.5 Å². The standard InChI is InChI=1S/C12H25N3O/c1-9-4-6-15(8-10(9)2)7-5-12(3,14)11(13)16/h9-10H,4-8,14H2,1-3H3,(H2,13,16). The minimum atomic E-state index is -0.869. The largest absolute Gasteiger partial charge is 0.368 e. The van der Waals surface area contributed by atoms with Crippen molar-refractivity contribution in [1.82, 2.24) is 4.90 Å². The topological polar surface area (TPSA) is 72.3 Å². The number of nitrogens with two attached hydrogens (primary N) is 2. The maximum Gasteiger partial charge on any atom is 0.237 e. The first-order valence-electron chi connectivity index (χ1n) is 6.14. The van der Waals surface area contributed by atoms with Gasteiger partial charge >= 0.3 is 0 Å². The lowest BCUT2D eigenvalue weighted by molar-refractivity contribution is -0.122. The Bertz CT molecular complexity index is 253. The molecule has 4 N–H and O–H groups in total. The van der Waals surface area contributed by atoms with Crippen LogP contribution in [0.5, 0.6) is 0 Å². The van der Waals surface area contributed by atoms with Crippen LogP contribution in [0.15, 0.2) is 0 Å². The zero-order valence-electron chi connectivity index (χ0n) is 10.7. The van der Waals surface area contributed by atoms with E-state index in [2.05, 4.69) is 18.7 Å². The third kappa shape index (κ3) is 3.46. The molecule has 0 aromatic heterocycles. The molecule has 4 nitrogen and oxygen atoms in total. The molecule has 1 saturated heterocycles. The predicted molar refractivity (Wildman–Crippen MR) is 65.8 cm³/mol. The van der Waals surface area contributed by atoms with E-state index in [4.69, 9.17) is 11.5 Å². The molecule has 1 heterocycles. The molecule has 1 amide bonds. The van der Waals surface area contributed by atoms with Crippen molar-refractivity contribution in [2.45, 2.75) is 39.2 Å². The molecule has 1 aliphatic heterocycles. The van der Waals surface area contributed by atoms with Crippen LogP contribution >= 0.6 is 0 Å². The summed E-state index contributed by atoms with van der Waals surface area (Å²) in [6.45, 7) is 9.39. The Hall–Kier alpha value is -0.610. The van der Waals surface area contributed by atoms with Crippen LogP contribution in [0, 0.1) is 11.8 Å². The fourth-order valence-electron chi connectivity index (χ4n) is 2.07. The Morgan fingerprint density at radius 2 is 2.06 bits per heavy atom. The van der Waals surface area contributed by atoms with Crippen LogP contribution in [0.4, 0.5) is 0 Å². The number of amides is 1. The number of carbonyl (C=O) groups excluding carboxylic acids is 1. The van der Waals surface area contributed by atoms with Gasteiger partial charge in [0, 0.05) is 13.1 Å². The first kappa shape index (κ1) is 13.5. The molecule has 3 unspecified atom stereocenters. The Kier molecular flexibility index (Phi) is 4.33. The van der Waals surface area contributed by atoms with E-state index in [0.717, 1.165) is 31.5 Å². The van der Waals surface area contributed by atoms with Crippen molar-refractivity contribution < 1.29 is 4.79 Å². The molecule has 16 heavy (non-hydrogen) atoms. The van der Waals surface area contributed by atoms with Gasteiger partial charge in [0.1, 0.15) is 0 Å². The highest BCUT2D eigenvalue weighted by Crippen LogP contribution is 2.22. The van der Waals surface area contributed by atoms with Gasteiger partial charge in [-0.1, -0.05) is 13.8 Å². The van der Waals surface area contributed by atoms with Crippen molar-refractivity contribution >= 4 is 5.91 Å². The molecule has 0 bridgehead atoms. The Morgan fingerprint density at radius 1 is 1.44 bits per heavy atom. The molecule has 0 radical (unpaired) electrons. The Morgan fingerprint density at radius 3 is 2.56 bits per heavy atom. The number of piperidine rings is 1. The van der Waals surface area contributed by atoms with Gasteiger partial charge in [-0.3, -0.25) is 4.79 Å². The second kappa shape index (κ2) is 5.15. The molecule has 0 spiro atoms. The van der Waals surface area contributed by atoms with Gasteiger partial charge in [0.25, 0.3) is 0 Å². The molecular formula is C12H25N3O. The van der Waals surface area contributed by atoms with Gasteiger partial charge in [-0.25, -0.2) is 0 Å². The molecule has 0 saturated carbocycles. The van der Waals surface area contributed by atoms with Crippen LogP contribution in [0.25, 0.3) is 0 Å². The molecule has 0 aliphatic carbocycles. The van der Waals surface area contributed by atoms with Crippen LogP contribution in [-0.4, -0.2) is 36.0 Å². The summed E-state index contributed by atoms with van der Waals surface area (Å²) in [4.78, 5) is 13.5. The predicted octanol–water partition coefficient (Wildman–Crippen LogP) is 0.557. The molecule has 1 aliphatic rings. The monoisotopic (exact) mass is 227 g/mol.